The lowest BCUT2D eigenvalue weighted by Crippen LogP contribution is -2.48. The Bertz CT molecular complexity index is 1490. The SMILES string of the molecule is O=C(O)N(CCO)[C@H]1CCN([C@H]2CC[C@H](Oc3cc(-n4c(C(F)F)nc5ccccc54)nc(N4CCOCC4)n3)CC2)C1=O. The van der Waals surface area contributed by atoms with E-state index in [1.807, 2.05) is 4.90 Å². The van der Waals surface area contributed by atoms with Crippen molar-refractivity contribution in [1.29, 1.82) is 0 Å². The number of ether oxygens (including phenoxy) is 2. The number of amides is 2. The summed E-state index contributed by atoms with van der Waals surface area (Å²) in [6.07, 6.45) is -1.32. The van der Waals surface area contributed by atoms with Crippen LogP contribution in [0.4, 0.5) is 19.5 Å². The molecule has 1 aromatic carbocycles. The molecule has 236 valence electrons. The van der Waals surface area contributed by atoms with E-state index < -0.39 is 24.4 Å². The number of carbonyl (C=O) groups is 2. The third-order valence-corrected chi connectivity index (χ3v) is 8.53. The van der Waals surface area contributed by atoms with E-state index in [4.69, 9.17) is 9.47 Å². The Balaban J connectivity index is 1.21. The summed E-state index contributed by atoms with van der Waals surface area (Å²) in [5.41, 5.74) is 0.923. The number of para-hydroxylation sites is 2. The van der Waals surface area contributed by atoms with Crippen molar-refractivity contribution in [2.24, 2.45) is 0 Å². The van der Waals surface area contributed by atoms with E-state index in [0.717, 1.165) is 4.90 Å². The quantitative estimate of drug-likeness (QED) is 0.368. The van der Waals surface area contributed by atoms with Gasteiger partial charge in [0.1, 0.15) is 18.0 Å². The van der Waals surface area contributed by atoms with Crippen LogP contribution in [0, 0.1) is 0 Å². The van der Waals surface area contributed by atoms with Crippen molar-refractivity contribution in [3.63, 3.8) is 0 Å². The maximum absolute atomic E-state index is 14.2. The lowest BCUT2D eigenvalue weighted by atomic mass is 9.92. The molecule has 1 atom stereocenters. The van der Waals surface area contributed by atoms with Gasteiger partial charge in [-0.3, -0.25) is 14.3 Å². The van der Waals surface area contributed by atoms with Gasteiger partial charge in [0.25, 0.3) is 6.43 Å². The Morgan fingerprint density at radius 3 is 2.52 bits per heavy atom. The Hall–Kier alpha value is -4.11. The minimum Gasteiger partial charge on any atom is -0.474 e. The molecule has 6 rings (SSSR count). The number of fused-ring (bicyclic) bond motifs is 1. The second-order valence-electron chi connectivity index (χ2n) is 11.1. The Kier molecular flexibility index (Phi) is 8.75. The molecule has 0 radical (unpaired) electrons. The highest BCUT2D eigenvalue weighted by atomic mass is 19.3. The van der Waals surface area contributed by atoms with Gasteiger partial charge in [0.2, 0.25) is 17.7 Å². The fourth-order valence-electron chi connectivity index (χ4n) is 6.39. The highest BCUT2D eigenvalue weighted by molar-refractivity contribution is 5.87. The van der Waals surface area contributed by atoms with Crippen molar-refractivity contribution in [1.82, 2.24) is 29.3 Å². The Labute approximate surface area is 252 Å². The molecule has 2 aliphatic heterocycles. The molecule has 0 spiro atoms. The number of carboxylic acid groups (broad SMARTS) is 1. The number of morpholine rings is 1. The molecule has 0 bridgehead atoms. The van der Waals surface area contributed by atoms with E-state index in [9.17, 15) is 28.6 Å². The number of hydrogen-bond acceptors (Lipinski definition) is 9. The van der Waals surface area contributed by atoms with Crippen LogP contribution in [-0.2, 0) is 9.53 Å². The average Bonchev–Trinajstić information content (AvgIpc) is 3.61. The molecule has 2 aromatic heterocycles. The Morgan fingerprint density at radius 2 is 1.82 bits per heavy atom. The molecular formula is C29H35F2N7O6. The molecule has 2 N–H and O–H groups in total. The van der Waals surface area contributed by atoms with Crippen LogP contribution in [0.3, 0.4) is 0 Å². The third kappa shape index (κ3) is 5.98. The van der Waals surface area contributed by atoms with Gasteiger partial charge >= 0.3 is 6.09 Å². The predicted octanol–water partition coefficient (Wildman–Crippen LogP) is 2.85. The number of alkyl halides is 2. The number of aromatic nitrogens is 4. The number of aliphatic hydroxyl groups is 1. The standard InChI is InChI=1S/C29H35F2N7O6/c30-25(31)26-32-20-3-1-2-4-21(20)38(26)23-17-24(34-28(33-23)35-12-15-43-16-13-35)44-19-7-5-18(6-8-19)36-10-9-22(27(36)40)37(11-14-39)29(41)42/h1-4,17-19,22,25,39H,5-16H2,(H,41,42)/t18-,19-,22-/m0/s1. The monoisotopic (exact) mass is 615 g/mol. The topological polar surface area (TPSA) is 146 Å². The van der Waals surface area contributed by atoms with E-state index in [1.165, 1.54) is 4.57 Å². The first-order valence-corrected chi connectivity index (χ1v) is 14.9. The molecule has 4 heterocycles. The second-order valence-corrected chi connectivity index (χ2v) is 11.1. The van der Waals surface area contributed by atoms with Crippen LogP contribution in [0.15, 0.2) is 30.3 Å². The number of anilines is 1. The smallest absolute Gasteiger partial charge is 0.408 e. The maximum Gasteiger partial charge on any atom is 0.408 e. The first-order valence-electron chi connectivity index (χ1n) is 14.9. The second kappa shape index (κ2) is 12.9. The van der Waals surface area contributed by atoms with Crippen molar-refractivity contribution in [2.45, 2.75) is 56.7 Å². The van der Waals surface area contributed by atoms with E-state index in [2.05, 4.69) is 15.0 Å². The molecule has 13 nitrogen and oxygen atoms in total. The van der Waals surface area contributed by atoms with Gasteiger partial charge in [0, 0.05) is 38.3 Å². The molecule has 3 aliphatic rings. The van der Waals surface area contributed by atoms with E-state index in [1.54, 1.807) is 35.2 Å². The van der Waals surface area contributed by atoms with Crippen LogP contribution >= 0.6 is 0 Å². The van der Waals surface area contributed by atoms with E-state index in [0.29, 0.717) is 81.9 Å². The molecule has 2 amide bonds. The first kappa shape index (κ1) is 29.9. The minimum absolute atomic E-state index is 0.0482. The highest BCUT2D eigenvalue weighted by Gasteiger charge is 2.42. The van der Waals surface area contributed by atoms with Gasteiger partial charge in [-0.25, -0.2) is 18.6 Å². The molecule has 3 fully saturated rings. The normalized spacial score (nSPS) is 22.6. The largest absolute Gasteiger partial charge is 0.474 e. The molecule has 44 heavy (non-hydrogen) atoms. The molecule has 1 aliphatic carbocycles. The summed E-state index contributed by atoms with van der Waals surface area (Å²) in [5, 5.41) is 18.7. The van der Waals surface area contributed by atoms with Crippen LogP contribution in [0.25, 0.3) is 16.9 Å². The average molecular weight is 616 g/mol. The zero-order valence-electron chi connectivity index (χ0n) is 24.1. The summed E-state index contributed by atoms with van der Waals surface area (Å²) in [4.78, 5) is 42.9. The van der Waals surface area contributed by atoms with Crippen LogP contribution in [-0.4, -0.2) is 116 Å². The zero-order valence-corrected chi connectivity index (χ0v) is 24.1. The van der Waals surface area contributed by atoms with Gasteiger partial charge in [-0.05, 0) is 44.2 Å². The lowest BCUT2D eigenvalue weighted by Gasteiger charge is -2.35. The summed E-state index contributed by atoms with van der Waals surface area (Å²) in [6, 6.07) is 7.62. The summed E-state index contributed by atoms with van der Waals surface area (Å²) in [5.74, 6) is 0.193. The number of aliphatic hydroxyl groups excluding tert-OH is 1. The van der Waals surface area contributed by atoms with Crippen molar-refractivity contribution in [3.05, 3.63) is 36.2 Å². The number of likely N-dealkylation sites (tertiary alicyclic amines) is 1. The minimum atomic E-state index is -2.83. The molecule has 1 saturated carbocycles. The fourth-order valence-corrected chi connectivity index (χ4v) is 6.39. The summed E-state index contributed by atoms with van der Waals surface area (Å²) < 4.78 is 41.5. The highest BCUT2D eigenvalue weighted by Crippen LogP contribution is 2.33. The van der Waals surface area contributed by atoms with E-state index >= 15 is 0 Å². The number of nitrogens with zero attached hydrogens (tertiary/aromatic N) is 7. The van der Waals surface area contributed by atoms with Gasteiger partial charge in [-0.15, -0.1) is 0 Å². The molecule has 2 saturated heterocycles. The zero-order chi connectivity index (χ0) is 30.8. The van der Waals surface area contributed by atoms with Crippen molar-refractivity contribution < 1.29 is 38.1 Å². The third-order valence-electron chi connectivity index (χ3n) is 8.53. The molecular weight excluding hydrogens is 580 g/mol. The number of imidazole rings is 1. The van der Waals surface area contributed by atoms with Gasteiger partial charge in [-0.2, -0.15) is 9.97 Å². The molecule has 3 aromatic rings. The van der Waals surface area contributed by atoms with E-state index in [-0.39, 0.29) is 42.9 Å². The summed E-state index contributed by atoms with van der Waals surface area (Å²) >= 11 is 0. The number of carbonyl (C=O) groups excluding carboxylic acids is 1. The first-order chi connectivity index (χ1) is 21.3. The fraction of sp³-hybridized carbons (Fsp3) is 0.552. The van der Waals surface area contributed by atoms with Crippen LogP contribution in [0.1, 0.15) is 44.4 Å². The number of hydrogen-bond donors (Lipinski definition) is 2. The van der Waals surface area contributed by atoms with Gasteiger partial charge in [0.15, 0.2) is 5.82 Å². The Morgan fingerprint density at radius 1 is 1.07 bits per heavy atom. The molecule has 15 heteroatoms. The van der Waals surface area contributed by atoms with Gasteiger partial charge in [-0.1, -0.05) is 12.1 Å². The van der Waals surface area contributed by atoms with Gasteiger partial charge < -0.3 is 29.5 Å². The van der Waals surface area contributed by atoms with Crippen LogP contribution < -0.4 is 9.64 Å². The van der Waals surface area contributed by atoms with Gasteiger partial charge in [0.05, 0.1) is 30.9 Å². The summed E-state index contributed by atoms with van der Waals surface area (Å²) in [7, 11) is 0. The maximum atomic E-state index is 14.2. The number of benzene rings is 1. The predicted molar refractivity (Wildman–Crippen MR) is 153 cm³/mol. The number of halogens is 2. The number of rotatable bonds is 9. The molecule has 0 unspecified atom stereocenters. The van der Waals surface area contributed by atoms with Crippen molar-refractivity contribution in [3.8, 4) is 11.7 Å². The summed E-state index contributed by atoms with van der Waals surface area (Å²) in [6.45, 7) is 2.07. The van der Waals surface area contributed by atoms with Crippen LogP contribution in [0.5, 0.6) is 5.88 Å². The van der Waals surface area contributed by atoms with Crippen LogP contribution in [0.2, 0.25) is 0 Å². The lowest BCUT2D eigenvalue weighted by molar-refractivity contribution is -0.134. The van der Waals surface area contributed by atoms with Crippen molar-refractivity contribution in [2.75, 3.05) is 50.9 Å². The van der Waals surface area contributed by atoms with Crippen molar-refractivity contribution >= 4 is 29.0 Å².